The first-order valence-electron chi connectivity index (χ1n) is 6.50. The number of ether oxygens (including phenoxy) is 1. The van der Waals surface area contributed by atoms with Crippen LogP contribution in [-0.4, -0.2) is 41.1 Å². The molecule has 2 unspecified atom stereocenters. The standard InChI is InChI=1S/C14H15Cl2NO4/c1-8-4-5-17(13(8)14(19)20)12(18)7-21-9-2-3-10(15)11(16)6-9/h2-3,6,8,13H,4-5,7H2,1H3,(H,19,20). The van der Waals surface area contributed by atoms with E-state index in [4.69, 9.17) is 27.9 Å². The fraction of sp³-hybridized carbons (Fsp3) is 0.429. The molecule has 114 valence electrons. The molecule has 0 radical (unpaired) electrons. The van der Waals surface area contributed by atoms with Crippen molar-refractivity contribution in [1.29, 1.82) is 0 Å². The lowest BCUT2D eigenvalue weighted by Gasteiger charge is -2.23. The van der Waals surface area contributed by atoms with E-state index in [1.165, 1.54) is 11.0 Å². The summed E-state index contributed by atoms with van der Waals surface area (Å²) in [5, 5.41) is 9.92. The van der Waals surface area contributed by atoms with Gasteiger partial charge in [-0.25, -0.2) is 4.79 Å². The third-order valence-electron chi connectivity index (χ3n) is 3.53. The van der Waals surface area contributed by atoms with Crippen molar-refractivity contribution in [2.45, 2.75) is 19.4 Å². The lowest BCUT2D eigenvalue weighted by molar-refractivity contribution is -0.150. The molecule has 2 atom stereocenters. The average Bonchev–Trinajstić information content (AvgIpc) is 2.82. The Kier molecular flexibility index (Phi) is 4.96. The van der Waals surface area contributed by atoms with Crippen LogP contribution in [0.2, 0.25) is 10.0 Å². The number of amides is 1. The summed E-state index contributed by atoms with van der Waals surface area (Å²) in [7, 11) is 0. The summed E-state index contributed by atoms with van der Waals surface area (Å²) in [6.07, 6.45) is 0.676. The Morgan fingerprint density at radius 2 is 2.10 bits per heavy atom. The van der Waals surface area contributed by atoms with Crippen molar-refractivity contribution in [2.75, 3.05) is 13.2 Å². The van der Waals surface area contributed by atoms with E-state index in [1.54, 1.807) is 12.1 Å². The summed E-state index contributed by atoms with van der Waals surface area (Å²) in [6.45, 7) is 2.03. The van der Waals surface area contributed by atoms with Gasteiger partial charge in [-0.3, -0.25) is 4.79 Å². The summed E-state index contributed by atoms with van der Waals surface area (Å²) < 4.78 is 5.35. The Morgan fingerprint density at radius 3 is 2.71 bits per heavy atom. The molecule has 1 saturated heterocycles. The van der Waals surface area contributed by atoms with Gasteiger partial charge in [0.05, 0.1) is 10.0 Å². The van der Waals surface area contributed by atoms with Crippen LogP contribution in [0.5, 0.6) is 5.75 Å². The van der Waals surface area contributed by atoms with Crippen molar-refractivity contribution in [3.63, 3.8) is 0 Å². The maximum absolute atomic E-state index is 12.1. The summed E-state index contributed by atoms with van der Waals surface area (Å²) in [6, 6.07) is 3.90. The molecule has 0 aromatic heterocycles. The fourth-order valence-electron chi connectivity index (χ4n) is 2.40. The molecule has 1 aromatic rings. The normalized spacial score (nSPS) is 21.4. The molecule has 1 aliphatic rings. The third kappa shape index (κ3) is 3.60. The quantitative estimate of drug-likeness (QED) is 0.921. The van der Waals surface area contributed by atoms with Gasteiger partial charge in [0.25, 0.3) is 5.91 Å². The van der Waals surface area contributed by atoms with E-state index in [2.05, 4.69) is 0 Å². The van der Waals surface area contributed by atoms with Crippen LogP contribution in [-0.2, 0) is 9.59 Å². The molecule has 0 saturated carbocycles. The number of hydrogen-bond donors (Lipinski definition) is 1. The van der Waals surface area contributed by atoms with E-state index >= 15 is 0 Å². The molecular formula is C14H15Cl2NO4. The van der Waals surface area contributed by atoms with Gasteiger partial charge >= 0.3 is 5.97 Å². The monoisotopic (exact) mass is 331 g/mol. The minimum Gasteiger partial charge on any atom is -0.484 e. The van der Waals surface area contributed by atoms with E-state index in [-0.39, 0.29) is 18.4 Å². The number of hydrogen-bond acceptors (Lipinski definition) is 3. The van der Waals surface area contributed by atoms with Crippen LogP contribution in [0, 0.1) is 5.92 Å². The SMILES string of the molecule is CC1CCN(C(=O)COc2ccc(Cl)c(Cl)c2)C1C(=O)O. The van der Waals surface area contributed by atoms with Gasteiger partial charge in [0.15, 0.2) is 6.61 Å². The molecule has 1 aliphatic heterocycles. The van der Waals surface area contributed by atoms with Crippen molar-refractivity contribution in [2.24, 2.45) is 5.92 Å². The minimum absolute atomic E-state index is 0.0589. The zero-order valence-electron chi connectivity index (χ0n) is 11.4. The van der Waals surface area contributed by atoms with Gasteiger partial charge in [0, 0.05) is 12.6 Å². The molecule has 1 aromatic carbocycles. The zero-order valence-corrected chi connectivity index (χ0v) is 12.9. The maximum atomic E-state index is 12.1. The van der Waals surface area contributed by atoms with E-state index in [0.29, 0.717) is 28.8 Å². The summed E-state index contributed by atoms with van der Waals surface area (Å²) in [5.41, 5.74) is 0. The van der Waals surface area contributed by atoms with E-state index in [0.717, 1.165) is 0 Å². The fourth-order valence-corrected chi connectivity index (χ4v) is 2.69. The zero-order chi connectivity index (χ0) is 15.6. The molecule has 1 N–H and O–H groups in total. The van der Waals surface area contributed by atoms with Crippen molar-refractivity contribution in [3.8, 4) is 5.75 Å². The van der Waals surface area contributed by atoms with Crippen LogP contribution in [0.3, 0.4) is 0 Å². The van der Waals surface area contributed by atoms with Crippen molar-refractivity contribution >= 4 is 35.1 Å². The summed E-state index contributed by atoms with van der Waals surface area (Å²) >= 11 is 11.6. The highest BCUT2D eigenvalue weighted by atomic mass is 35.5. The number of rotatable bonds is 4. The van der Waals surface area contributed by atoms with Crippen molar-refractivity contribution in [1.82, 2.24) is 4.90 Å². The highest BCUT2D eigenvalue weighted by Gasteiger charge is 2.39. The van der Waals surface area contributed by atoms with Gasteiger partial charge in [-0.05, 0) is 24.5 Å². The number of benzene rings is 1. The number of carbonyl (C=O) groups is 2. The number of carbonyl (C=O) groups excluding carboxylic acids is 1. The van der Waals surface area contributed by atoms with Gasteiger partial charge in [-0.15, -0.1) is 0 Å². The van der Waals surface area contributed by atoms with Crippen LogP contribution in [0.25, 0.3) is 0 Å². The molecule has 1 amide bonds. The first-order valence-corrected chi connectivity index (χ1v) is 7.26. The number of carboxylic acid groups (broad SMARTS) is 1. The highest BCUT2D eigenvalue weighted by Crippen LogP contribution is 2.27. The number of halogens is 2. The van der Waals surface area contributed by atoms with Crippen LogP contribution < -0.4 is 4.74 Å². The van der Waals surface area contributed by atoms with Crippen LogP contribution in [0.15, 0.2) is 18.2 Å². The maximum Gasteiger partial charge on any atom is 0.326 e. The minimum atomic E-state index is -0.983. The van der Waals surface area contributed by atoms with Gasteiger partial charge in [-0.1, -0.05) is 30.1 Å². The topological polar surface area (TPSA) is 66.8 Å². The lowest BCUT2D eigenvalue weighted by atomic mass is 10.0. The number of carboxylic acids is 1. The largest absolute Gasteiger partial charge is 0.484 e. The van der Waals surface area contributed by atoms with E-state index < -0.39 is 12.0 Å². The molecule has 7 heteroatoms. The second kappa shape index (κ2) is 6.54. The van der Waals surface area contributed by atoms with Gasteiger partial charge in [-0.2, -0.15) is 0 Å². The first kappa shape index (κ1) is 15.9. The van der Waals surface area contributed by atoms with Gasteiger partial charge in [0.2, 0.25) is 0 Å². The smallest absolute Gasteiger partial charge is 0.326 e. The van der Waals surface area contributed by atoms with Crippen LogP contribution >= 0.6 is 23.2 Å². The van der Waals surface area contributed by atoms with Crippen LogP contribution in [0.1, 0.15) is 13.3 Å². The Balaban J connectivity index is 1.98. The Morgan fingerprint density at radius 1 is 1.38 bits per heavy atom. The first-order chi connectivity index (χ1) is 9.90. The predicted molar refractivity (Wildman–Crippen MR) is 78.9 cm³/mol. The van der Waals surface area contributed by atoms with Gasteiger partial charge in [0.1, 0.15) is 11.8 Å². The third-order valence-corrected chi connectivity index (χ3v) is 4.27. The molecule has 21 heavy (non-hydrogen) atoms. The van der Waals surface area contributed by atoms with Crippen LogP contribution in [0.4, 0.5) is 0 Å². The Hall–Kier alpha value is -1.46. The molecule has 0 spiro atoms. The molecule has 0 aliphatic carbocycles. The molecule has 0 bridgehead atoms. The molecular weight excluding hydrogens is 317 g/mol. The number of aliphatic carboxylic acids is 1. The van der Waals surface area contributed by atoms with E-state index in [9.17, 15) is 14.7 Å². The molecule has 1 fully saturated rings. The Bertz CT molecular complexity index is 564. The average molecular weight is 332 g/mol. The second-order valence-electron chi connectivity index (χ2n) is 5.00. The second-order valence-corrected chi connectivity index (χ2v) is 5.82. The van der Waals surface area contributed by atoms with Crippen molar-refractivity contribution < 1.29 is 19.4 Å². The highest BCUT2D eigenvalue weighted by molar-refractivity contribution is 6.42. The van der Waals surface area contributed by atoms with E-state index in [1.807, 2.05) is 6.92 Å². The number of likely N-dealkylation sites (tertiary alicyclic amines) is 1. The predicted octanol–water partition coefficient (Wildman–Crippen LogP) is 2.69. The summed E-state index contributed by atoms with van der Waals surface area (Å²) in [5.74, 6) is -0.978. The summed E-state index contributed by atoms with van der Waals surface area (Å²) in [4.78, 5) is 24.7. The Labute approximate surface area is 132 Å². The lowest BCUT2D eigenvalue weighted by Crippen LogP contribution is -2.44. The molecule has 1 heterocycles. The molecule has 2 rings (SSSR count). The number of nitrogens with zero attached hydrogens (tertiary/aromatic N) is 1. The van der Waals surface area contributed by atoms with Gasteiger partial charge < -0.3 is 14.7 Å². The van der Waals surface area contributed by atoms with Crippen molar-refractivity contribution in [3.05, 3.63) is 28.2 Å². The molecule has 5 nitrogen and oxygen atoms in total.